The fraction of sp³-hybridized carbons (Fsp3) is 0.273. The summed E-state index contributed by atoms with van der Waals surface area (Å²) in [6, 6.07) is 16.3. The minimum absolute atomic E-state index is 0.160. The van der Waals surface area contributed by atoms with Gasteiger partial charge in [-0.25, -0.2) is 0 Å². The first kappa shape index (κ1) is 19.6. The van der Waals surface area contributed by atoms with Crippen LogP contribution in [0.2, 0.25) is 0 Å². The molecule has 0 bridgehead atoms. The highest BCUT2D eigenvalue weighted by atomic mass is 16.5. The lowest BCUT2D eigenvalue weighted by Gasteiger charge is -2.30. The number of carbonyl (C=O) groups is 2. The molecular weight excluding hydrogens is 354 g/mol. The van der Waals surface area contributed by atoms with Gasteiger partial charge in [0.05, 0.1) is 40.3 Å². The Balaban J connectivity index is 1.85. The van der Waals surface area contributed by atoms with Gasteiger partial charge in [-0.05, 0) is 35.9 Å². The molecule has 6 nitrogen and oxygen atoms in total. The lowest BCUT2D eigenvalue weighted by atomic mass is 10.1. The third kappa shape index (κ3) is 4.98. The van der Waals surface area contributed by atoms with Gasteiger partial charge in [0.15, 0.2) is 0 Å². The van der Waals surface area contributed by atoms with Crippen LogP contribution in [0.1, 0.15) is 15.9 Å². The molecule has 0 radical (unpaired) electrons. The van der Waals surface area contributed by atoms with E-state index in [4.69, 9.17) is 4.74 Å². The summed E-state index contributed by atoms with van der Waals surface area (Å²) in [5.74, 6) is 0.279. The SMILES string of the molecule is COc1ccc(/C=C(\NC(=O)c2ccccc2)C(=O)N2CC[NH+](C)CC2)cc1. The van der Waals surface area contributed by atoms with Gasteiger partial charge in [-0.15, -0.1) is 0 Å². The van der Waals surface area contributed by atoms with Crippen molar-refractivity contribution in [3.05, 3.63) is 71.4 Å². The fourth-order valence-corrected chi connectivity index (χ4v) is 3.06. The Bertz CT molecular complexity index is 839. The monoisotopic (exact) mass is 380 g/mol. The summed E-state index contributed by atoms with van der Waals surface area (Å²) >= 11 is 0. The van der Waals surface area contributed by atoms with Crippen LogP contribution in [-0.2, 0) is 4.79 Å². The maximum Gasteiger partial charge on any atom is 0.270 e. The first-order chi connectivity index (χ1) is 13.6. The van der Waals surface area contributed by atoms with Crippen LogP contribution >= 0.6 is 0 Å². The van der Waals surface area contributed by atoms with E-state index in [9.17, 15) is 9.59 Å². The van der Waals surface area contributed by atoms with Crippen molar-refractivity contribution in [1.82, 2.24) is 10.2 Å². The first-order valence-corrected chi connectivity index (χ1v) is 9.39. The maximum absolute atomic E-state index is 13.1. The van der Waals surface area contributed by atoms with Gasteiger partial charge >= 0.3 is 0 Å². The molecule has 1 aliphatic heterocycles. The number of rotatable bonds is 5. The van der Waals surface area contributed by atoms with E-state index in [1.165, 1.54) is 4.90 Å². The lowest BCUT2D eigenvalue weighted by Crippen LogP contribution is -3.12. The van der Waals surface area contributed by atoms with E-state index in [0.717, 1.165) is 24.4 Å². The molecule has 28 heavy (non-hydrogen) atoms. The minimum Gasteiger partial charge on any atom is -0.497 e. The second-order valence-corrected chi connectivity index (χ2v) is 6.90. The van der Waals surface area contributed by atoms with Gasteiger partial charge in [0.25, 0.3) is 11.8 Å². The van der Waals surface area contributed by atoms with Gasteiger partial charge in [0.1, 0.15) is 11.4 Å². The van der Waals surface area contributed by atoms with Crippen LogP contribution in [0.25, 0.3) is 6.08 Å². The Kier molecular flexibility index (Phi) is 6.45. The number of hydrogen-bond acceptors (Lipinski definition) is 3. The molecule has 1 aliphatic rings. The maximum atomic E-state index is 13.1. The zero-order chi connectivity index (χ0) is 19.9. The second kappa shape index (κ2) is 9.19. The minimum atomic E-state index is -0.298. The van der Waals surface area contributed by atoms with Crippen molar-refractivity contribution in [2.45, 2.75) is 0 Å². The van der Waals surface area contributed by atoms with Crippen molar-refractivity contribution in [2.24, 2.45) is 0 Å². The molecule has 3 rings (SSSR count). The van der Waals surface area contributed by atoms with Gasteiger partial charge in [-0.2, -0.15) is 0 Å². The highest BCUT2D eigenvalue weighted by Crippen LogP contribution is 2.15. The Morgan fingerprint density at radius 1 is 1.04 bits per heavy atom. The molecule has 1 saturated heterocycles. The molecule has 0 saturated carbocycles. The normalized spacial score (nSPS) is 15.2. The molecule has 6 heteroatoms. The number of amides is 2. The van der Waals surface area contributed by atoms with E-state index < -0.39 is 0 Å². The Labute approximate surface area is 165 Å². The van der Waals surface area contributed by atoms with Crippen molar-refractivity contribution in [3.8, 4) is 5.75 Å². The molecule has 146 valence electrons. The van der Waals surface area contributed by atoms with Crippen LogP contribution in [0, 0.1) is 0 Å². The van der Waals surface area contributed by atoms with Crippen LogP contribution in [-0.4, -0.2) is 57.1 Å². The van der Waals surface area contributed by atoms with Gasteiger partial charge in [0, 0.05) is 5.56 Å². The number of carbonyl (C=O) groups excluding carboxylic acids is 2. The van der Waals surface area contributed by atoms with Crippen LogP contribution in [0.5, 0.6) is 5.75 Å². The van der Waals surface area contributed by atoms with Gasteiger partial charge in [0.2, 0.25) is 0 Å². The summed E-state index contributed by atoms with van der Waals surface area (Å²) in [4.78, 5) is 28.9. The fourth-order valence-electron chi connectivity index (χ4n) is 3.06. The summed E-state index contributed by atoms with van der Waals surface area (Å²) in [6.07, 6.45) is 1.72. The van der Waals surface area contributed by atoms with Crippen LogP contribution in [0.4, 0.5) is 0 Å². The number of quaternary nitrogens is 1. The molecule has 0 aliphatic carbocycles. The number of benzene rings is 2. The van der Waals surface area contributed by atoms with Crippen LogP contribution in [0.3, 0.4) is 0 Å². The predicted molar refractivity (Wildman–Crippen MR) is 108 cm³/mol. The third-order valence-corrected chi connectivity index (χ3v) is 4.85. The van der Waals surface area contributed by atoms with Crippen LogP contribution < -0.4 is 15.0 Å². The molecule has 0 aromatic heterocycles. The van der Waals surface area contributed by atoms with E-state index in [2.05, 4.69) is 12.4 Å². The van der Waals surface area contributed by atoms with E-state index in [1.54, 1.807) is 42.4 Å². The zero-order valence-electron chi connectivity index (χ0n) is 16.3. The lowest BCUT2D eigenvalue weighted by molar-refractivity contribution is -0.883. The molecule has 1 heterocycles. The largest absolute Gasteiger partial charge is 0.497 e. The number of ether oxygens (including phenoxy) is 1. The molecule has 2 amide bonds. The predicted octanol–water partition coefficient (Wildman–Crippen LogP) is 0.823. The average molecular weight is 380 g/mol. The topological polar surface area (TPSA) is 63.1 Å². The average Bonchev–Trinajstić information content (AvgIpc) is 2.74. The van der Waals surface area contributed by atoms with Crippen molar-refractivity contribution >= 4 is 17.9 Å². The number of methoxy groups -OCH3 is 1. The Morgan fingerprint density at radius 3 is 2.29 bits per heavy atom. The van der Waals surface area contributed by atoms with E-state index in [0.29, 0.717) is 18.7 Å². The van der Waals surface area contributed by atoms with Crippen molar-refractivity contribution in [1.29, 1.82) is 0 Å². The van der Waals surface area contributed by atoms with Crippen molar-refractivity contribution in [2.75, 3.05) is 40.3 Å². The molecular formula is C22H26N3O3+. The molecule has 0 atom stereocenters. The Morgan fingerprint density at radius 2 is 1.68 bits per heavy atom. The summed E-state index contributed by atoms with van der Waals surface area (Å²) in [7, 11) is 3.72. The van der Waals surface area contributed by atoms with E-state index in [1.807, 2.05) is 30.3 Å². The smallest absolute Gasteiger partial charge is 0.270 e. The Hall–Kier alpha value is -3.12. The number of hydrogen-bond donors (Lipinski definition) is 2. The molecule has 2 aromatic carbocycles. The number of nitrogens with zero attached hydrogens (tertiary/aromatic N) is 1. The highest BCUT2D eigenvalue weighted by Gasteiger charge is 2.25. The summed E-state index contributed by atoms with van der Waals surface area (Å²) in [5, 5.41) is 2.81. The highest BCUT2D eigenvalue weighted by molar-refractivity contribution is 6.05. The molecule has 0 spiro atoms. The summed E-state index contributed by atoms with van der Waals surface area (Å²) < 4.78 is 5.18. The van der Waals surface area contributed by atoms with Gasteiger partial charge in [-0.1, -0.05) is 30.3 Å². The van der Waals surface area contributed by atoms with Crippen molar-refractivity contribution < 1.29 is 19.2 Å². The van der Waals surface area contributed by atoms with Crippen molar-refractivity contribution in [3.63, 3.8) is 0 Å². The van der Waals surface area contributed by atoms with Crippen LogP contribution in [0.15, 0.2) is 60.3 Å². The summed E-state index contributed by atoms with van der Waals surface area (Å²) in [5.41, 5.74) is 1.61. The summed E-state index contributed by atoms with van der Waals surface area (Å²) in [6.45, 7) is 3.14. The number of piperazine rings is 1. The number of likely N-dealkylation sites (N-methyl/N-ethyl adjacent to an activating group) is 1. The molecule has 2 aromatic rings. The zero-order valence-corrected chi connectivity index (χ0v) is 16.3. The van der Waals surface area contributed by atoms with E-state index in [-0.39, 0.29) is 17.5 Å². The quantitative estimate of drug-likeness (QED) is 0.755. The standard InChI is InChI=1S/C22H25N3O3/c1-24-12-14-25(15-13-24)22(27)20(16-17-8-10-19(28-2)11-9-17)23-21(26)18-6-4-3-5-7-18/h3-11,16H,12-15H2,1-2H3,(H,23,26)/p+1/b20-16-. The first-order valence-electron chi connectivity index (χ1n) is 9.39. The van der Waals surface area contributed by atoms with Gasteiger partial charge in [-0.3, -0.25) is 9.59 Å². The van der Waals surface area contributed by atoms with Gasteiger partial charge < -0.3 is 19.9 Å². The number of nitrogens with one attached hydrogen (secondary N) is 2. The van der Waals surface area contributed by atoms with E-state index >= 15 is 0 Å². The molecule has 2 N–H and O–H groups in total. The molecule has 0 unspecified atom stereocenters. The third-order valence-electron chi connectivity index (χ3n) is 4.85. The molecule has 1 fully saturated rings. The second-order valence-electron chi connectivity index (χ2n) is 6.90.